The Morgan fingerprint density at radius 2 is 1.68 bits per heavy atom. The van der Waals surface area contributed by atoms with Crippen molar-refractivity contribution in [3.05, 3.63) is 58.6 Å². The summed E-state index contributed by atoms with van der Waals surface area (Å²) >= 11 is 1.40. The maximum Gasteiger partial charge on any atom is 0.257 e. The van der Waals surface area contributed by atoms with Gasteiger partial charge in [-0.15, -0.1) is 10.2 Å². The number of ether oxygens (including phenoxy) is 3. The molecule has 2 aromatic carbocycles. The number of hydrogen-bond acceptors (Lipinski definition) is 7. The van der Waals surface area contributed by atoms with Crippen LogP contribution in [0, 0.1) is 0 Å². The van der Waals surface area contributed by atoms with E-state index in [0.29, 0.717) is 40.5 Å². The molecule has 0 aliphatic rings. The highest BCUT2D eigenvalue weighted by atomic mass is 32.1. The number of carbonyl (C=O) groups excluding carboxylic acids is 1. The summed E-state index contributed by atoms with van der Waals surface area (Å²) in [7, 11) is 3.05. The number of hydrogen-bond donors (Lipinski definition) is 1. The molecule has 0 unspecified atom stereocenters. The van der Waals surface area contributed by atoms with E-state index in [1.54, 1.807) is 12.1 Å². The summed E-state index contributed by atoms with van der Waals surface area (Å²) in [5.74, 6) is 1.30. The van der Waals surface area contributed by atoms with Crippen molar-refractivity contribution >= 4 is 22.4 Å². The van der Waals surface area contributed by atoms with E-state index >= 15 is 0 Å². The Morgan fingerprint density at radius 1 is 1.03 bits per heavy atom. The van der Waals surface area contributed by atoms with Gasteiger partial charge in [0, 0.05) is 11.5 Å². The fourth-order valence-electron chi connectivity index (χ4n) is 3.14. The first-order chi connectivity index (χ1) is 15.1. The van der Waals surface area contributed by atoms with Gasteiger partial charge in [0.15, 0.2) is 11.5 Å². The third-order valence-corrected chi connectivity index (χ3v) is 5.95. The minimum Gasteiger partial charge on any atom is -0.493 e. The molecule has 0 atom stereocenters. The summed E-state index contributed by atoms with van der Waals surface area (Å²) in [5.41, 5.74) is 1.39. The molecule has 3 rings (SSSR count). The number of anilines is 1. The summed E-state index contributed by atoms with van der Waals surface area (Å²) in [6.45, 7) is 4.59. The van der Waals surface area contributed by atoms with Gasteiger partial charge >= 0.3 is 0 Å². The summed E-state index contributed by atoms with van der Waals surface area (Å²) in [6.07, 6.45) is 1.97. The molecule has 0 aliphatic carbocycles. The lowest BCUT2D eigenvalue weighted by atomic mass is 10.1. The molecule has 0 saturated carbocycles. The molecule has 0 radical (unpaired) electrons. The van der Waals surface area contributed by atoms with Gasteiger partial charge in [-0.1, -0.05) is 55.5 Å². The fourth-order valence-corrected chi connectivity index (χ4v) is 4.15. The van der Waals surface area contributed by atoms with E-state index < -0.39 is 0 Å². The van der Waals surface area contributed by atoms with Crippen LogP contribution >= 0.6 is 11.3 Å². The predicted octanol–water partition coefficient (Wildman–Crippen LogP) is 5.29. The number of benzene rings is 2. The van der Waals surface area contributed by atoms with Gasteiger partial charge in [0.05, 0.1) is 14.2 Å². The molecule has 0 spiro atoms. The van der Waals surface area contributed by atoms with Crippen molar-refractivity contribution < 1.29 is 19.0 Å². The molecule has 31 heavy (non-hydrogen) atoms. The summed E-state index contributed by atoms with van der Waals surface area (Å²) in [5, 5.41) is 12.6. The van der Waals surface area contributed by atoms with Crippen molar-refractivity contribution in [2.45, 2.75) is 39.2 Å². The average Bonchev–Trinajstić information content (AvgIpc) is 3.26. The molecular formula is C23H27N3O4S. The lowest BCUT2D eigenvalue weighted by Crippen LogP contribution is -2.12. The Kier molecular flexibility index (Phi) is 7.83. The second-order valence-electron chi connectivity index (χ2n) is 6.90. The van der Waals surface area contributed by atoms with Crippen LogP contribution in [-0.2, 0) is 6.61 Å². The zero-order chi connectivity index (χ0) is 22.2. The molecule has 0 aliphatic heterocycles. The number of aromatic nitrogens is 2. The maximum absolute atomic E-state index is 12.8. The summed E-state index contributed by atoms with van der Waals surface area (Å²) in [6, 6.07) is 13.0. The lowest BCUT2D eigenvalue weighted by Gasteiger charge is -2.16. The van der Waals surface area contributed by atoms with E-state index in [9.17, 15) is 4.79 Å². The van der Waals surface area contributed by atoms with Crippen LogP contribution in [0.5, 0.6) is 17.2 Å². The van der Waals surface area contributed by atoms with Gasteiger partial charge < -0.3 is 14.2 Å². The normalized spacial score (nSPS) is 10.7. The first kappa shape index (κ1) is 22.6. The zero-order valence-electron chi connectivity index (χ0n) is 18.2. The lowest BCUT2D eigenvalue weighted by molar-refractivity contribution is 0.102. The van der Waals surface area contributed by atoms with Crippen LogP contribution in [0.2, 0.25) is 0 Å². The number of rotatable bonds is 10. The molecule has 8 heteroatoms. The van der Waals surface area contributed by atoms with Crippen LogP contribution in [0.15, 0.2) is 42.5 Å². The largest absolute Gasteiger partial charge is 0.493 e. The quantitative estimate of drug-likeness (QED) is 0.460. The van der Waals surface area contributed by atoms with Gasteiger partial charge in [-0.25, -0.2) is 0 Å². The highest BCUT2D eigenvalue weighted by molar-refractivity contribution is 7.15. The van der Waals surface area contributed by atoms with E-state index in [4.69, 9.17) is 14.2 Å². The van der Waals surface area contributed by atoms with Crippen LogP contribution in [0.1, 0.15) is 53.5 Å². The number of carbonyl (C=O) groups is 1. The van der Waals surface area contributed by atoms with Gasteiger partial charge in [-0.2, -0.15) is 0 Å². The molecule has 0 saturated heterocycles. The Hall–Kier alpha value is -3.13. The third kappa shape index (κ3) is 5.52. The molecule has 3 aromatic rings. The van der Waals surface area contributed by atoms with Crippen molar-refractivity contribution in [1.82, 2.24) is 10.2 Å². The minimum absolute atomic E-state index is 0.321. The first-order valence-corrected chi connectivity index (χ1v) is 11.0. The first-order valence-electron chi connectivity index (χ1n) is 10.2. The number of amides is 1. The van der Waals surface area contributed by atoms with Crippen molar-refractivity contribution in [3.8, 4) is 17.2 Å². The predicted molar refractivity (Wildman–Crippen MR) is 122 cm³/mol. The third-order valence-electron chi connectivity index (χ3n) is 4.94. The van der Waals surface area contributed by atoms with E-state index in [-0.39, 0.29) is 5.91 Å². The Bertz CT molecular complexity index is 978. The standard InChI is InChI=1S/C23H27N3O4S/c1-5-16(6-2)22-25-26-23(31-22)24-21(27)17-12-18(28-3)20(19(13-17)29-4)30-14-15-10-8-7-9-11-15/h7-13,16H,5-6,14H2,1-4H3,(H,24,26,27). The van der Waals surface area contributed by atoms with Crippen LogP contribution in [0.4, 0.5) is 5.13 Å². The molecule has 0 fully saturated rings. The van der Waals surface area contributed by atoms with Crippen molar-refractivity contribution in [3.63, 3.8) is 0 Å². The molecule has 7 nitrogen and oxygen atoms in total. The van der Waals surface area contributed by atoms with Crippen molar-refractivity contribution in [2.24, 2.45) is 0 Å². The maximum atomic E-state index is 12.8. The van der Waals surface area contributed by atoms with E-state index in [2.05, 4.69) is 29.4 Å². The summed E-state index contributed by atoms with van der Waals surface area (Å²) in [4.78, 5) is 12.8. The Morgan fingerprint density at radius 3 is 2.26 bits per heavy atom. The second kappa shape index (κ2) is 10.8. The zero-order valence-corrected chi connectivity index (χ0v) is 19.0. The van der Waals surface area contributed by atoms with Crippen molar-refractivity contribution in [2.75, 3.05) is 19.5 Å². The van der Waals surface area contributed by atoms with Gasteiger partial charge in [0.25, 0.3) is 5.91 Å². The fraction of sp³-hybridized carbons (Fsp3) is 0.348. The van der Waals surface area contributed by atoms with E-state index in [1.807, 2.05) is 30.3 Å². The van der Waals surface area contributed by atoms with Crippen LogP contribution in [0.25, 0.3) is 0 Å². The molecule has 0 bridgehead atoms. The molecule has 1 aromatic heterocycles. The van der Waals surface area contributed by atoms with E-state index in [1.165, 1.54) is 25.6 Å². The van der Waals surface area contributed by atoms with E-state index in [0.717, 1.165) is 23.4 Å². The smallest absolute Gasteiger partial charge is 0.257 e. The number of nitrogens with one attached hydrogen (secondary N) is 1. The molecule has 164 valence electrons. The molecule has 1 heterocycles. The topological polar surface area (TPSA) is 82.6 Å². The number of nitrogens with zero attached hydrogens (tertiary/aromatic N) is 2. The van der Waals surface area contributed by atoms with Gasteiger partial charge in [0.1, 0.15) is 11.6 Å². The van der Waals surface area contributed by atoms with Crippen molar-refractivity contribution in [1.29, 1.82) is 0 Å². The summed E-state index contributed by atoms with van der Waals surface area (Å²) < 4.78 is 16.9. The van der Waals surface area contributed by atoms with Crippen LogP contribution in [-0.4, -0.2) is 30.3 Å². The van der Waals surface area contributed by atoms with Gasteiger partial charge in [0.2, 0.25) is 10.9 Å². The SMILES string of the molecule is CCC(CC)c1nnc(NC(=O)c2cc(OC)c(OCc3ccccc3)c(OC)c2)s1. The van der Waals surface area contributed by atoms with Crippen LogP contribution in [0.3, 0.4) is 0 Å². The average molecular weight is 442 g/mol. The molecular weight excluding hydrogens is 414 g/mol. The molecule has 1 amide bonds. The number of methoxy groups -OCH3 is 2. The Labute approximate surface area is 186 Å². The second-order valence-corrected chi connectivity index (χ2v) is 7.91. The highest BCUT2D eigenvalue weighted by Crippen LogP contribution is 2.39. The van der Waals surface area contributed by atoms with Gasteiger partial charge in [-0.3, -0.25) is 10.1 Å². The molecule has 1 N–H and O–H groups in total. The minimum atomic E-state index is -0.321. The monoisotopic (exact) mass is 441 g/mol. The Balaban J connectivity index is 1.79. The highest BCUT2D eigenvalue weighted by Gasteiger charge is 2.20. The van der Waals surface area contributed by atoms with Gasteiger partial charge in [-0.05, 0) is 30.5 Å². The van der Waals surface area contributed by atoms with Crippen LogP contribution < -0.4 is 19.5 Å².